The number of amides is 1. The fourth-order valence-electron chi connectivity index (χ4n) is 1.95. The van der Waals surface area contributed by atoms with E-state index in [0.717, 1.165) is 24.1 Å². The van der Waals surface area contributed by atoms with Crippen LogP contribution < -0.4 is 11.1 Å². The van der Waals surface area contributed by atoms with E-state index in [4.69, 9.17) is 17.3 Å². The Morgan fingerprint density at radius 3 is 2.90 bits per heavy atom. The topological polar surface area (TPSA) is 68.0 Å². The van der Waals surface area contributed by atoms with Crippen LogP contribution in [-0.4, -0.2) is 10.9 Å². The van der Waals surface area contributed by atoms with Gasteiger partial charge in [-0.2, -0.15) is 0 Å². The van der Waals surface area contributed by atoms with E-state index in [1.807, 2.05) is 24.3 Å². The van der Waals surface area contributed by atoms with Crippen molar-refractivity contribution >= 4 is 29.0 Å². The molecule has 0 saturated carbocycles. The Bertz CT molecular complexity index is 628. The number of para-hydroxylation sites is 1. The fourth-order valence-corrected chi connectivity index (χ4v) is 2.14. The molecule has 2 aromatic rings. The molecule has 5 heteroatoms. The standard InChI is InChI=1S/C15H16ClN3O/c1-2-5-10-6-3-4-7-13(10)19-15(20)11-8-14(17)18-9-12(11)16/h3-4,6-9H,2,5H2,1H3,(H2,17,18)(H,19,20). The zero-order valence-electron chi connectivity index (χ0n) is 11.2. The molecule has 0 aliphatic rings. The number of aromatic nitrogens is 1. The minimum absolute atomic E-state index is 0.265. The van der Waals surface area contributed by atoms with Gasteiger partial charge < -0.3 is 11.1 Å². The van der Waals surface area contributed by atoms with Crippen molar-refractivity contribution in [3.05, 3.63) is 52.7 Å². The number of carbonyl (C=O) groups is 1. The Labute approximate surface area is 123 Å². The van der Waals surface area contributed by atoms with E-state index >= 15 is 0 Å². The molecule has 0 fully saturated rings. The first-order valence-corrected chi connectivity index (χ1v) is 6.80. The van der Waals surface area contributed by atoms with Crippen molar-refractivity contribution in [2.45, 2.75) is 19.8 Å². The number of benzene rings is 1. The van der Waals surface area contributed by atoms with Gasteiger partial charge in [0.15, 0.2) is 0 Å². The van der Waals surface area contributed by atoms with Gasteiger partial charge in [-0.25, -0.2) is 4.98 Å². The minimum atomic E-state index is -0.285. The van der Waals surface area contributed by atoms with Gasteiger partial charge in [0.2, 0.25) is 0 Å². The SMILES string of the molecule is CCCc1ccccc1NC(=O)c1cc(N)ncc1Cl. The van der Waals surface area contributed by atoms with E-state index in [9.17, 15) is 4.79 Å². The second-order valence-electron chi connectivity index (χ2n) is 4.45. The Kier molecular flexibility index (Phi) is 4.58. The first kappa shape index (κ1) is 14.3. The second kappa shape index (κ2) is 6.39. The molecule has 0 spiro atoms. The number of anilines is 2. The molecule has 1 aromatic heterocycles. The number of pyridine rings is 1. The highest BCUT2D eigenvalue weighted by molar-refractivity contribution is 6.34. The number of nitrogens with zero attached hydrogens (tertiary/aromatic N) is 1. The zero-order valence-corrected chi connectivity index (χ0v) is 11.9. The number of carbonyl (C=O) groups excluding carboxylic acids is 1. The summed E-state index contributed by atoms with van der Waals surface area (Å²) in [6.07, 6.45) is 3.29. The second-order valence-corrected chi connectivity index (χ2v) is 4.86. The lowest BCUT2D eigenvalue weighted by molar-refractivity contribution is 0.102. The van der Waals surface area contributed by atoms with Crippen molar-refractivity contribution in [3.8, 4) is 0 Å². The van der Waals surface area contributed by atoms with Crippen LogP contribution in [0.1, 0.15) is 29.3 Å². The minimum Gasteiger partial charge on any atom is -0.384 e. The van der Waals surface area contributed by atoms with Crippen LogP contribution in [0.15, 0.2) is 36.5 Å². The van der Waals surface area contributed by atoms with Gasteiger partial charge in [0.05, 0.1) is 10.6 Å². The van der Waals surface area contributed by atoms with Crippen LogP contribution in [0.4, 0.5) is 11.5 Å². The maximum absolute atomic E-state index is 12.3. The van der Waals surface area contributed by atoms with E-state index in [2.05, 4.69) is 17.2 Å². The van der Waals surface area contributed by atoms with Gasteiger partial charge in [-0.1, -0.05) is 43.1 Å². The average Bonchev–Trinajstić information content (AvgIpc) is 2.44. The molecule has 0 atom stereocenters. The van der Waals surface area contributed by atoms with Gasteiger partial charge in [0.1, 0.15) is 5.82 Å². The summed E-state index contributed by atoms with van der Waals surface area (Å²) in [5.41, 5.74) is 7.81. The first-order valence-electron chi connectivity index (χ1n) is 6.42. The van der Waals surface area contributed by atoms with Crippen LogP contribution in [0.5, 0.6) is 0 Å². The van der Waals surface area contributed by atoms with E-state index in [0.29, 0.717) is 5.56 Å². The van der Waals surface area contributed by atoms with Crippen molar-refractivity contribution in [2.75, 3.05) is 11.1 Å². The highest BCUT2D eigenvalue weighted by atomic mass is 35.5. The molecule has 1 amide bonds. The molecular formula is C15H16ClN3O. The van der Waals surface area contributed by atoms with E-state index in [1.54, 1.807) is 0 Å². The lowest BCUT2D eigenvalue weighted by atomic mass is 10.1. The predicted octanol–water partition coefficient (Wildman–Crippen LogP) is 3.52. The predicted molar refractivity (Wildman–Crippen MR) is 82.0 cm³/mol. The van der Waals surface area contributed by atoms with Crippen LogP contribution in [0, 0.1) is 0 Å². The van der Waals surface area contributed by atoms with Gasteiger partial charge in [-0.15, -0.1) is 0 Å². The van der Waals surface area contributed by atoms with E-state index in [-0.39, 0.29) is 16.7 Å². The van der Waals surface area contributed by atoms with Crippen molar-refractivity contribution in [1.29, 1.82) is 0 Å². The summed E-state index contributed by atoms with van der Waals surface area (Å²) in [5, 5.41) is 3.16. The number of hydrogen-bond acceptors (Lipinski definition) is 3. The number of rotatable bonds is 4. The Morgan fingerprint density at radius 2 is 2.15 bits per heavy atom. The Hall–Kier alpha value is -2.07. The monoisotopic (exact) mass is 289 g/mol. The molecule has 0 unspecified atom stereocenters. The molecule has 1 aromatic carbocycles. The van der Waals surface area contributed by atoms with Crippen molar-refractivity contribution < 1.29 is 4.79 Å². The third kappa shape index (κ3) is 3.27. The zero-order chi connectivity index (χ0) is 14.5. The van der Waals surface area contributed by atoms with Gasteiger partial charge in [-0.3, -0.25) is 4.79 Å². The lowest BCUT2D eigenvalue weighted by Gasteiger charge is -2.11. The van der Waals surface area contributed by atoms with Gasteiger partial charge in [0.25, 0.3) is 5.91 Å². The summed E-state index contributed by atoms with van der Waals surface area (Å²) in [6.45, 7) is 2.10. The summed E-state index contributed by atoms with van der Waals surface area (Å²) < 4.78 is 0. The molecule has 0 aliphatic heterocycles. The molecule has 0 radical (unpaired) electrons. The van der Waals surface area contributed by atoms with Gasteiger partial charge >= 0.3 is 0 Å². The summed E-state index contributed by atoms with van der Waals surface area (Å²) in [5.74, 6) is -0.0194. The van der Waals surface area contributed by atoms with Crippen LogP contribution in [0.25, 0.3) is 0 Å². The maximum atomic E-state index is 12.3. The quantitative estimate of drug-likeness (QED) is 0.905. The normalized spacial score (nSPS) is 10.3. The van der Waals surface area contributed by atoms with Gasteiger partial charge in [-0.05, 0) is 24.1 Å². The lowest BCUT2D eigenvalue weighted by Crippen LogP contribution is -2.14. The van der Waals surface area contributed by atoms with Crippen LogP contribution in [-0.2, 0) is 6.42 Å². The molecule has 20 heavy (non-hydrogen) atoms. The van der Waals surface area contributed by atoms with E-state index < -0.39 is 0 Å². The Morgan fingerprint density at radius 1 is 1.40 bits per heavy atom. The van der Waals surface area contributed by atoms with Crippen LogP contribution in [0.2, 0.25) is 5.02 Å². The molecule has 0 saturated heterocycles. The number of hydrogen-bond donors (Lipinski definition) is 2. The fraction of sp³-hybridized carbons (Fsp3) is 0.200. The number of nitrogen functional groups attached to an aromatic ring is 1. The van der Waals surface area contributed by atoms with E-state index in [1.165, 1.54) is 12.3 Å². The summed E-state index contributed by atoms with van der Waals surface area (Å²) in [6, 6.07) is 9.19. The number of nitrogens with one attached hydrogen (secondary N) is 1. The molecule has 3 N–H and O–H groups in total. The molecule has 104 valence electrons. The number of nitrogens with two attached hydrogens (primary N) is 1. The highest BCUT2D eigenvalue weighted by Crippen LogP contribution is 2.21. The Balaban J connectivity index is 2.26. The molecular weight excluding hydrogens is 274 g/mol. The first-order chi connectivity index (χ1) is 9.61. The largest absolute Gasteiger partial charge is 0.384 e. The number of aryl methyl sites for hydroxylation is 1. The molecule has 2 rings (SSSR count). The molecule has 1 heterocycles. The molecule has 4 nitrogen and oxygen atoms in total. The van der Waals surface area contributed by atoms with Crippen molar-refractivity contribution in [3.63, 3.8) is 0 Å². The van der Waals surface area contributed by atoms with Gasteiger partial charge in [0, 0.05) is 11.9 Å². The van der Waals surface area contributed by atoms with Crippen molar-refractivity contribution in [1.82, 2.24) is 4.98 Å². The van der Waals surface area contributed by atoms with Crippen molar-refractivity contribution in [2.24, 2.45) is 0 Å². The molecule has 0 bridgehead atoms. The number of halogens is 1. The smallest absolute Gasteiger partial charge is 0.257 e. The third-order valence-corrected chi connectivity index (χ3v) is 3.21. The van der Waals surface area contributed by atoms with Crippen LogP contribution in [0.3, 0.4) is 0 Å². The molecule has 0 aliphatic carbocycles. The summed E-state index contributed by atoms with van der Waals surface area (Å²) in [4.78, 5) is 16.1. The summed E-state index contributed by atoms with van der Waals surface area (Å²) in [7, 11) is 0. The summed E-state index contributed by atoms with van der Waals surface area (Å²) >= 11 is 5.98. The van der Waals surface area contributed by atoms with Crippen LogP contribution >= 0.6 is 11.6 Å². The highest BCUT2D eigenvalue weighted by Gasteiger charge is 2.13. The third-order valence-electron chi connectivity index (χ3n) is 2.91. The average molecular weight is 290 g/mol. The maximum Gasteiger partial charge on any atom is 0.257 e.